The first-order chi connectivity index (χ1) is 11.6. The van der Waals surface area contributed by atoms with E-state index in [0.717, 1.165) is 17.7 Å². The van der Waals surface area contributed by atoms with Crippen LogP contribution in [0, 0.1) is 0 Å². The van der Waals surface area contributed by atoms with Crippen molar-refractivity contribution in [3.63, 3.8) is 0 Å². The number of benzene rings is 2. The van der Waals surface area contributed by atoms with Gasteiger partial charge in [-0.2, -0.15) is 0 Å². The lowest BCUT2D eigenvalue weighted by Crippen LogP contribution is -2.15. The maximum Gasteiger partial charge on any atom is 0.312 e. The third-order valence-corrected chi connectivity index (χ3v) is 4.95. The molecular formula is C18H21F5N2S. The van der Waals surface area contributed by atoms with Gasteiger partial charge in [0.2, 0.25) is 0 Å². The number of hydrogen-bond donors (Lipinski definition) is 1. The van der Waals surface area contributed by atoms with E-state index in [9.17, 15) is 19.4 Å². The average Bonchev–Trinajstić information content (AvgIpc) is 2.49. The minimum atomic E-state index is -9.83. The second-order valence-electron chi connectivity index (χ2n) is 6.96. The third-order valence-electron chi connectivity index (χ3n) is 3.78. The second-order valence-corrected chi connectivity index (χ2v) is 9.34. The van der Waals surface area contributed by atoms with Gasteiger partial charge in [-0.25, -0.2) is 0 Å². The Labute approximate surface area is 149 Å². The molecule has 2 aromatic rings. The van der Waals surface area contributed by atoms with Crippen molar-refractivity contribution in [2.24, 2.45) is 4.99 Å². The molecule has 0 saturated carbocycles. The number of nitrogens with one attached hydrogen (secondary N) is 1. The number of nitrogens with zero attached hydrogens (tertiary/aromatic N) is 1. The minimum absolute atomic E-state index is 0.218. The van der Waals surface area contributed by atoms with Crippen molar-refractivity contribution in [1.82, 2.24) is 0 Å². The normalized spacial score (nSPS) is 15.6. The summed E-state index contributed by atoms with van der Waals surface area (Å²) in [6.07, 6.45) is 1.17. The Morgan fingerprint density at radius 3 is 2.08 bits per heavy atom. The van der Waals surface area contributed by atoms with Crippen LogP contribution in [-0.4, -0.2) is 13.3 Å². The predicted molar refractivity (Wildman–Crippen MR) is 99.8 cm³/mol. The van der Waals surface area contributed by atoms with Crippen LogP contribution in [-0.2, 0) is 5.41 Å². The van der Waals surface area contributed by atoms with E-state index in [4.69, 9.17) is 0 Å². The van der Waals surface area contributed by atoms with Gasteiger partial charge >= 0.3 is 10.2 Å². The summed E-state index contributed by atoms with van der Waals surface area (Å²) >= 11 is 0. The molecule has 0 aliphatic heterocycles. The molecule has 144 valence electrons. The molecule has 0 amide bonds. The number of halogens is 5. The second kappa shape index (κ2) is 5.70. The molecule has 0 heterocycles. The van der Waals surface area contributed by atoms with E-state index in [2.05, 4.69) is 10.3 Å². The van der Waals surface area contributed by atoms with Crippen molar-refractivity contribution in [3.05, 3.63) is 53.6 Å². The van der Waals surface area contributed by atoms with E-state index in [0.29, 0.717) is 17.3 Å². The van der Waals surface area contributed by atoms with E-state index in [1.54, 1.807) is 19.2 Å². The van der Waals surface area contributed by atoms with Gasteiger partial charge in [0, 0.05) is 24.5 Å². The lowest BCUT2D eigenvalue weighted by molar-refractivity contribution is 0.364. The summed E-state index contributed by atoms with van der Waals surface area (Å²) in [5, 5.41) is 3.01. The Balaban J connectivity index is 2.58. The molecule has 8 heteroatoms. The van der Waals surface area contributed by atoms with Gasteiger partial charge in [-0.15, -0.1) is 0 Å². The zero-order chi connectivity index (χ0) is 19.9. The number of para-hydroxylation sites is 2. The van der Waals surface area contributed by atoms with Crippen molar-refractivity contribution in [2.75, 3.05) is 12.4 Å². The zero-order valence-corrected chi connectivity index (χ0v) is 15.7. The van der Waals surface area contributed by atoms with Crippen LogP contribution in [0.4, 0.5) is 30.8 Å². The molecule has 0 fully saturated rings. The van der Waals surface area contributed by atoms with Crippen molar-refractivity contribution >= 4 is 27.8 Å². The largest absolute Gasteiger partial charge is 0.387 e. The van der Waals surface area contributed by atoms with Crippen LogP contribution in [0.1, 0.15) is 31.9 Å². The summed E-state index contributed by atoms with van der Waals surface area (Å²) in [6.45, 7) is 5.98. The number of rotatable bonds is 4. The highest BCUT2D eigenvalue weighted by Gasteiger charge is 2.66. The quantitative estimate of drug-likeness (QED) is 0.424. The first kappa shape index (κ1) is 20.2. The fraction of sp³-hybridized carbons (Fsp3) is 0.278. The van der Waals surface area contributed by atoms with Gasteiger partial charge in [0.1, 0.15) is 4.90 Å². The highest BCUT2D eigenvalue weighted by atomic mass is 32.5. The van der Waals surface area contributed by atoms with Crippen molar-refractivity contribution in [3.8, 4) is 0 Å². The highest BCUT2D eigenvalue weighted by Crippen LogP contribution is 3.03. The van der Waals surface area contributed by atoms with Gasteiger partial charge < -0.3 is 5.32 Å². The fourth-order valence-electron chi connectivity index (χ4n) is 2.61. The molecule has 0 aliphatic rings. The smallest absolute Gasteiger partial charge is 0.312 e. The van der Waals surface area contributed by atoms with Gasteiger partial charge in [-0.05, 0) is 23.1 Å². The molecule has 0 bridgehead atoms. The number of aliphatic imine (C=N–C) groups is 1. The van der Waals surface area contributed by atoms with Crippen LogP contribution >= 0.6 is 10.2 Å². The average molecular weight is 392 g/mol. The fourth-order valence-corrected chi connectivity index (χ4v) is 3.46. The first-order valence-electron chi connectivity index (χ1n) is 7.82. The monoisotopic (exact) mass is 392 g/mol. The van der Waals surface area contributed by atoms with Crippen LogP contribution in [0.15, 0.2) is 52.4 Å². The Bertz CT molecular complexity index is 853. The zero-order valence-electron chi connectivity index (χ0n) is 14.9. The van der Waals surface area contributed by atoms with E-state index in [-0.39, 0.29) is 5.41 Å². The molecule has 26 heavy (non-hydrogen) atoms. The van der Waals surface area contributed by atoms with Gasteiger partial charge in [-0.1, -0.05) is 70.5 Å². The maximum absolute atomic E-state index is 13.2. The van der Waals surface area contributed by atoms with Crippen LogP contribution in [0.3, 0.4) is 0 Å². The van der Waals surface area contributed by atoms with E-state index >= 15 is 0 Å². The molecule has 0 aromatic heterocycles. The molecule has 2 rings (SSSR count). The first-order valence-corrected chi connectivity index (χ1v) is 9.77. The molecule has 2 aromatic carbocycles. The van der Waals surface area contributed by atoms with E-state index in [1.807, 2.05) is 26.8 Å². The standard InChI is InChI=1S/C18H21F5N2S/c1-18(2,3)14-9-7-8-13(17(14)24-4)12-25-15-10-5-6-11-16(15)26(19,20,21,22)23/h5-12,24H,1-4H3. The summed E-state index contributed by atoms with van der Waals surface area (Å²) in [7, 11) is -8.14. The third kappa shape index (κ3) is 4.55. The molecule has 0 aliphatic carbocycles. The Morgan fingerprint density at radius 2 is 1.54 bits per heavy atom. The topological polar surface area (TPSA) is 24.4 Å². The van der Waals surface area contributed by atoms with Gasteiger partial charge in [0.05, 0.1) is 5.69 Å². The van der Waals surface area contributed by atoms with Gasteiger partial charge in [0.25, 0.3) is 0 Å². The Hall–Kier alpha value is -2.09. The molecule has 0 saturated heterocycles. The number of anilines is 1. The summed E-state index contributed by atoms with van der Waals surface area (Å²) in [4.78, 5) is 1.75. The molecule has 1 N–H and O–H groups in total. The summed E-state index contributed by atoms with van der Waals surface area (Å²) in [6, 6.07) is 8.75. The molecule has 0 unspecified atom stereocenters. The lowest BCUT2D eigenvalue weighted by atomic mass is 9.84. The van der Waals surface area contributed by atoms with Crippen molar-refractivity contribution in [1.29, 1.82) is 0 Å². The van der Waals surface area contributed by atoms with Gasteiger partial charge in [-0.3, -0.25) is 4.99 Å². The Morgan fingerprint density at radius 1 is 0.923 bits per heavy atom. The molecular weight excluding hydrogens is 371 g/mol. The summed E-state index contributed by atoms with van der Waals surface area (Å²) in [5.74, 6) is 0. The number of hydrogen-bond acceptors (Lipinski definition) is 2. The van der Waals surface area contributed by atoms with Crippen LogP contribution in [0.5, 0.6) is 0 Å². The van der Waals surface area contributed by atoms with Crippen LogP contribution in [0.25, 0.3) is 0 Å². The minimum Gasteiger partial charge on any atom is -0.387 e. The summed E-state index contributed by atoms with van der Waals surface area (Å²) < 4.78 is 66.1. The SMILES string of the molecule is CNc1c(C=Nc2ccccc2S(F)(F)(F)(F)F)cccc1C(C)(C)C. The van der Waals surface area contributed by atoms with Crippen molar-refractivity contribution < 1.29 is 19.4 Å². The molecule has 0 spiro atoms. The maximum atomic E-state index is 13.2. The van der Waals surface area contributed by atoms with Crippen LogP contribution in [0.2, 0.25) is 0 Å². The van der Waals surface area contributed by atoms with E-state index < -0.39 is 20.8 Å². The molecule has 0 radical (unpaired) electrons. The van der Waals surface area contributed by atoms with E-state index in [1.165, 1.54) is 12.3 Å². The highest BCUT2D eigenvalue weighted by molar-refractivity contribution is 8.45. The van der Waals surface area contributed by atoms with Gasteiger partial charge in [0.15, 0.2) is 0 Å². The summed E-state index contributed by atoms with van der Waals surface area (Å²) in [5.41, 5.74) is 1.11. The van der Waals surface area contributed by atoms with Crippen LogP contribution < -0.4 is 5.32 Å². The molecule has 0 atom stereocenters. The Kier molecular flexibility index (Phi) is 4.44. The molecule has 2 nitrogen and oxygen atoms in total. The lowest BCUT2D eigenvalue weighted by Gasteiger charge is -2.41. The predicted octanol–water partition coefficient (Wildman–Crippen LogP) is 7.43. The van der Waals surface area contributed by atoms with Crippen molar-refractivity contribution in [2.45, 2.75) is 31.1 Å².